The van der Waals surface area contributed by atoms with Crippen molar-refractivity contribution in [2.45, 2.75) is 33.0 Å². The van der Waals surface area contributed by atoms with Gasteiger partial charge in [-0.15, -0.1) is 0 Å². The van der Waals surface area contributed by atoms with Gasteiger partial charge in [0.1, 0.15) is 6.04 Å². The van der Waals surface area contributed by atoms with Gasteiger partial charge in [-0.3, -0.25) is 9.59 Å². The minimum Gasteiger partial charge on any atom is -0.350 e. The topological polar surface area (TPSA) is 49.4 Å². The van der Waals surface area contributed by atoms with Crippen molar-refractivity contribution < 1.29 is 9.59 Å². The van der Waals surface area contributed by atoms with Crippen molar-refractivity contribution >= 4 is 23.4 Å². The standard InChI is InChI=1S/C19H21ClN2O2/c1-14(19(24)21-12-17-10-6-7-11-18(17)20)22(15(2)23)13-16-8-4-3-5-9-16/h3-11,14H,12-13H2,1-2H3,(H,21,24)/t14-/m0/s1. The molecular weight excluding hydrogens is 324 g/mol. The lowest BCUT2D eigenvalue weighted by atomic mass is 10.1. The molecule has 0 heterocycles. The Morgan fingerprint density at radius 3 is 2.33 bits per heavy atom. The van der Waals surface area contributed by atoms with Gasteiger partial charge in [0.05, 0.1) is 0 Å². The van der Waals surface area contributed by atoms with Crippen molar-refractivity contribution in [2.75, 3.05) is 0 Å². The van der Waals surface area contributed by atoms with Gasteiger partial charge in [0.2, 0.25) is 11.8 Å². The third kappa shape index (κ3) is 4.83. The second-order valence-electron chi connectivity index (χ2n) is 5.62. The Labute approximate surface area is 147 Å². The largest absolute Gasteiger partial charge is 0.350 e. The lowest BCUT2D eigenvalue weighted by molar-refractivity contribution is -0.139. The van der Waals surface area contributed by atoms with Gasteiger partial charge in [-0.1, -0.05) is 60.1 Å². The molecule has 0 aromatic heterocycles. The summed E-state index contributed by atoms with van der Waals surface area (Å²) in [7, 11) is 0. The summed E-state index contributed by atoms with van der Waals surface area (Å²) < 4.78 is 0. The summed E-state index contributed by atoms with van der Waals surface area (Å²) in [5, 5.41) is 3.45. The van der Waals surface area contributed by atoms with Crippen molar-refractivity contribution in [3.63, 3.8) is 0 Å². The van der Waals surface area contributed by atoms with Crippen LogP contribution in [-0.4, -0.2) is 22.8 Å². The Hall–Kier alpha value is -2.33. The van der Waals surface area contributed by atoms with Crippen LogP contribution in [0.15, 0.2) is 54.6 Å². The molecule has 4 nitrogen and oxygen atoms in total. The van der Waals surface area contributed by atoms with Crippen LogP contribution < -0.4 is 5.32 Å². The zero-order valence-electron chi connectivity index (χ0n) is 13.8. The van der Waals surface area contributed by atoms with E-state index >= 15 is 0 Å². The Kier molecular flexibility index (Phi) is 6.38. The molecular formula is C19H21ClN2O2. The van der Waals surface area contributed by atoms with Gasteiger partial charge >= 0.3 is 0 Å². The van der Waals surface area contributed by atoms with Crippen LogP contribution in [-0.2, 0) is 22.7 Å². The summed E-state index contributed by atoms with van der Waals surface area (Å²) in [4.78, 5) is 25.9. The van der Waals surface area contributed by atoms with Crippen molar-refractivity contribution in [1.82, 2.24) is 10.2 Å². The number of carbonyl (C=O) groups is 2. The number of hydrogen-bond acceptors (Lipinski definition) is 2. The molecule has 2 amide bonds. The predicted octanol–water partition coefficient (Wildman–Crippen LogP) is 3.39. The zero-order chi connectivity index (χ0) is 17.5. The van der Waals surface area contributed by atoms with Gasteiger partial charge in [0, 0.05) is 25.0 Å². The van der Waals surface area contributed by atoms with E-state index in [0.29, 0.717) is 18.1 Å². The molecule has 2 rings (SSSR count). The molecule has 2 aromatic carbocycles. The van der Waals surface area contributed by atoms with E-state index in [0.717, 1.165) is 11.1 Å². The van der Waals surface area contributed by atoms with Gasteiger partial charge in [-0.05, 0) is 24.1 Å². The quantitative estimate of drug-likeness (QED) is 0.873. The van der Waals surface area contributed by atoms with Gasteiger partial charge in [0.25, 0.3) is 0 Å². The molecule has 0 saturated heterocycles. The van der Waals surface area contributed by atoms with Crippen LogP contribution >= 0.6 is 11.6 Å². The number of carbonyl (C=O) groups excluding carboxylic acids is 2. The lowest BCUT2D eigenvalue weighted by Crippen LogP contribution is -2.46. The summed E-state index contributed by atoms with van der Waals surface area (Å²) in [6, 6.07) is 16.4. The fraction of sp³-hybridized carbons (Fsp3) is 0.263. The van der Waals surface area contributed by atoms with Crippen LogP contribution in [0.1, 0.15) is 25.0 Å². The Balaban J connectivity index is 2.01. The molecule has 2 aromatic rings. The first-order valence-corrected chi connectivity index (χ1v) is 8.19. The van der Waals surface area contributed by atoms with Crippen LogP contribution in [0, 0.1) is 0 Å². The highest BCUT2D eigenvalue weighted by molar-refractivity contribution is 6.31. The van der Waals surface area contributed by atoms with Crippen molar-refractivity contribution in [3.8, 4) is 0 Å². The molecule has 1 atom stereocenters. The number of amides is 2. The first-order chi connectivity index (χ1) is 11.5. The number of halogens is 1. The maximum atomic E-state index is 12.4. The number of nitrogens with zero attached hydrogens (tertiary/aromatic N) is 1. The van der Waals surface area contributed by atoms with E-state index < -0.39 is 6.04 Å². The number of hydrogen-bond donors (Lipinski definition) is 1. The fourth-order valence-electron chi connectivity index (χ4n) is 2.41. The summed E-state index contributed by atoms with van der Waals surface area (Å²) in [6.07, 6.45) is 0. The minimum atomic E-state index is -0.565. The van der Waals surface area contributed by atoms with Gasteiger partial charge in [0.15, 0.2) is 0 Å². The Morgan fingerprint density at radius 2 is 1.71 bits per heavy atom. The lowest BCUT2D eigenvalue weighted by Gasteiger charge is -2.27. The van der Waals surface area contributed by atoms with Crippen LogP contribution in [0.3, 0.4) is 0 Å². The van der Waals surface area contributed by atoms with E-state index in [-0.39, 0.29) is 11.8 Å². The van der Waals surface area contributed by atoms with Crippen LogP contribution in [0.5, 0.6) is 0 Å². The average molecular weight is 345 g/mol. The number of benzene rings is 2. The Morgan fingerprint density at radius 1 is 1.08 bits per heavy atom. The SMILES string of the molecule is CC(=O)N(Cc1ccccc1)[C@@H](C)C(=O)NCc1ccccc1Cl. The highest BCUT2D eigenvalue weighted by Crippen LogP contribution is 2.15. The highest BCUT2D eigenvalue weighted by Gasteiger charge is 2.23. The summed E-state index contributed by atoms with van der Waals surface area (Å²) in [6.45, 7) is 3.93. The molecule has 0 aliphatic rings. The molecule has 0 aliphatic heterocycles. The number of nitrogens with one attached hydrogen (secondary N) is 1. The van der Waals surface area contributed by atoms with Crippen molar-refractivity contribution in [2.24, 2.45) is 0 Å². The molecule has 5 heteroatoms. The molecule has 0 bridgehead atoms. The molecule has 1 N–H and O–H groups in total. The first kappa shape index (κ1) is 18.0. The number of rotatable bonds is 6. The monoisotopic (exact) mass is 344 g/mol. The predicted molar refractivity (Wildman–Crippen MR) is 95.4 cm³/mol. The molecule has 0 aliphatic carbocycles. The molecule has 0 radical (unpaired) electrons. The maximum absolute atomic E-state index is 12.4. The van der Waals surface area contributed by atoms with Crippen molar-refractivity contribution in [1.29, 1.82) is 0 Å². The van der Waals surface area contributed by atoms with E-state index in [4.69, 9.17) is 11.6 Å². The molecule has 24 heavy (non-hydrogen) atoms. The van der Waals surface area contributed by atoms with Gasteiger partial charge in [-0.25, -0.2) is 0 Å². The van der Waals surface area contributed by atoms with Crippen molar-refractivity contribution in [3.05, 3.63) is 70.7 Å². The second-order valence-corrected chi connectivity index (χ2v) is 6.02. The van der Waals surface area contributed by atoms with E-state index in [2.05, 4.69) is 5.32 Å². The van der Waals surface area contributed by atoms with Crippen LogP contribution in [0.25, 0.3) is 0 Å². The fourth-order valence-corrected chi connectivity index (χ4v) is 2.62. The van der Waals surface area contributed by atoms with E-state index in [1.807, 2.05) is 48.5 Å². The highest BCUT2D eigenvalue weighted by atomic mass is 35.5. The summed E-state index contributed by atoms with van der Waals surface area (Å²) >= 11 is 6.09. The van der Waals surface area contributed by atoms with E-state index in [1.54, 1.807) is 17.9 Å². The Bertz CT molecular complexity index is 704. The van der Waals surface area contributed by atoms with E-state index in [1.165, 1.54) is 6.92 Å². The molecule has 0 saturated carbocycles. The minimum absolute atomic E-state index is 0.140. The first-order valence-electron chi connectivity index (χ1n) is 7.81. The third-order valence-corrected chi connectivity index (χ3v) is 4.23. The van der Waals surface area contributed by atoms with Gasteiger partial charge < -0.3 is 10.2 Å². The average Bonchev–Trinajstić information content (AvgIpc) is 2.58. The second kappa shape index (κ2) is 8.50. The summed E-state index contributed by atoms with van der Waals surface area (Å²) in [5.41, 5.74) is 1.83. The van der Waals surface area contributed by atoms with Crippen LogP contribution in [0.2, 0.25) is 5.02 Å². The normalized spacial score (nSPS) is 11.6. The third-order valence-electron chi connectivity index (χ3n) is 3.86. The smallest absolute Gasteiger partial charge is 0.242 e. The molecule has 126 valence electrons. The molecule has 0 unspecified atom stereocenters. The zero-order valence-corrected chi connectivity index (χ0v) is 14.6. The van der Waals surface area contributed by atoms with E-state index in [9.17, 15) is 9.59 Å². The maximum Gasteiger partial charge on any atom is 0.242 e. The van der Waals surface area contributed by atoms with Gasteiger partial charge in [-0.2, -0.15) is 0 Å². The van der Waals surface area contributed by atoms with Crippen LogP contribution in [0.4, 0.5) is 0 Å². The molecule has 0 fully saturated rings. The summed E-state index contributed by atoms with van der Waals surface area (Å²) in [5.74, 6) is -0.347. The molecule has 0 spiro atoms.